The molecule has 0 saturated heterocycles. The standard InChI is InChI=1S/C16H20P2.2ClH.Pt/c1-17(2)13-14-18(15-9-5-3-6-10-15)16-11-7-4-8-12-16;;;/h3-12H,13-14H2,1-2H3;2*1H;/q;;;+2/p-2. The third kappa shape index (κ3) is 8.11. The van der Waals surface area contributed by atoms with Crippen LogP contribution in [0.15, 0.2) is 60.7 Å². The van der Waals surface area contributed by atoms with Gasteiger partial charge in [-0.2, -0.15) is 0 Å². The van der Waals surface area contributed by atoms with Crippen LogP contribution in [-0.4, -0.2) is 25.7 Å². The zero-order valence-corrected chi connectivity index (χ0v) is 17.7. The molecule has 2 aromatic carbocycles. The Labute approximate surface area is 147 Å². The molecule has 5 heteroatoms. The summed E-state index contributed by atoms with van der Waals surface area (Å²) < 4.78 is 0. The van der Waals surface area contributed by atoms with Gasteiger partial charge in [0.15, 0.2) is 0 Å². The molecule has 0 amide bonds. The van der Waals surface area contributed by atoms with Crippen molar-refractivity contribution in [3.63, 3.8) is 0 Å². The normalized spacial score (nSPS) is 10.6. The van der Waals surface area contributed by atoms with Crippen molar-refractivity contribution >= 4 is 45.3 Å². The Kier molecular flexibility index (Phi) is 11.3. The van der Waals surface area contributed by atoms with Crippen LogP contribution >= 0.6 is 34.7 Å². The summed E-state index contributed by atoms with van der Waals surface area (Å²) in [5.41, 5.74) is 0. The first kappa shape index (κ1) is 19.6. The van der Waals surface area contributed by atoms with Crippen LogP contribution in [0.1, 0.15) is 0 Å². The zero-order chi connectivity index (χ0) is 15.5. The Morgan fingerprint density at radius 3 is 1.48 bits per heavy atom. The Morgan fingerprint density at radius 1 is 0.762 bits per heavy atom. The fraction of sp³-hybridized carbons (Fsp3) is 0.250. The van der Waals surface area contributed by atoms with E-state index in [4.69, 9.17) is 18.8 Å². The average Bonchev–Trinajstić information content (AvgIpc) is 2.50. The van der Waals surface area contributed by atoms with Crippen LogP contribution in [0.4, 0.5) is 0 Å². The summed E-state index contributed by atoms with van der Waals surface area (Å²) in [6, 6.07) is 22.0. The monoisotopic (exact) mass is 539 g/mol. The minimum absolute atomic E-state index is 0.167. The Bertz CT molecular complexity index is 441. The summed E-state index contributed by atoms with van der Waals surface area (Å²) in [4.78, 5) is 0. The third-order valence-corrected chi connectivity index (χ3v) is 6.89. The first-order valence-corrected chi connectivity index (χ1v) is 16.1. The molecule has 2 aromatic rings. The average molecular weight is 540 g/mol. The molecular weight excluding hydrogens is 520 g/mol. The molecule has 0 spiro atoms. The SMILES string of the molecule is CP(C)CCP(c1ccccc1)c1ccccc1.[Cl][Pt][Cl]. The molecule has 0 saturated carbocycles. The third-order valence-electron chi connectivity index (χ3n) is 2.91. The van der Waals surface area contributed by atoms with Gasteiger partial charge in [0.1, 0.15) is 0 Å². The van der Waals surface area contributed by atoms with Gasteiger partial charge in [-0.25, -0.2) is 0 Å². The number of benzene rings is 2. The molecule has 0 nitrogen and oxygen atoms in total. The van der Waals surface area contributed by atoms with Gasteiger partial charge in [0.25, 0.3) is 0 Å². The van der Waals surface area contributed by atoms with Gasteiger partial charge in [-0.3, -0.25) is 0 Å². The molecule has 2 rings (SSSR count). The predicted molar refractivity (Wildman–Crippen MR) is 99.3 cm³/mol. The molecule has 0 atom stereocenters. The Hall–Kier alpha value is 0.568. The van der Waals surface area contributed by atoms with Crippen LogP contribution in [0.2, 0.25) is 0 Å². The maximum atomic E-state index is 4.88. The van der Waals surface area contributed by atoms with E-state index >= 15 is 0 Å². The van der Waals surface area contributed by atoms with Crippen molar-refractivity contribution in [3.8, 4) is 0 Å². The number of rotatable bonds is 5. The fourth-order valence-electron chi connectivity index (χ4n) is 1.92. The maximum absolute atomic E-state index is 4.88. The molecule has 21 heavy (non-hydrogen) atoms. The predicted octanol–water partition coefficient (Wildman–Crippen LogP) is 5.24. The van der Waals surface area contributed by atoms with Crippen LogP contribution in [0.25, 0.3) is 0 Å². The van der Waals surface area contributed by atoms with Gasteiger partial charge in [-0.1, -0.05) is 60.7 Å². The van der Waals surface area contributed by atoms with E-state index in [-0.39, 0.29) is 15.8 Å². The molecule has 0 fully saturated rings. The van der Waals surface area contributed by atoms with Gasteiger partial charge in [0.05, 0.1) is 0 Å². The van der Waals surface area contributed by atoms with Crippen molar-refractivity contribution in [3.05, 3.63) is 60.7 Å². The second kappa shape index (κ2) is 12.0. The molecule has 0 aliphatic carbocycles. The summed E-state index contributed by atoms with van der Waals surface area (Å²) in [5, 5.41) is 3.02. The summed E-state index contributed by atoms with van der Waals surface area (Å²) >= 11 is -0.472. The van der Waals surface area contributed by atoms with Gasteiger partial charge in [0.2, 0.25) is 0 Å². The second-order valence-electron chi connectivity index (χ2n) is 4.67. The molecule has 0 unspecified atom stereocenters. The van der Waals surface area contributed by atoms with Gasteiger partial charge >= 0.3 is 35.3 Å². The quantitative estimate of drug-likeness (QED) is 0.456. The van der Waals surface area contributed by atoms with Gasteiger partial charge < -0.3 is 0 Å². The van der Waals surface area contributed by atoms with Crippen LogP contribution in [-0.2, 0) is 16.5 Å². The van der Waals surface area contributed by atoms with E-state index in [2.05, 4.69) is 74.0 Å². The minimum atomic E-state index is -0.472. The number of halogens is 2. The van der Waals surface area contributed by atoms with E-state index < -0.39 is 16.5 Å². The Morgan fingerprint density at radius 2 is 1.14 bits per heavy atom. The molecule has 0 aliphatic heterocycles. The molecule has 0 heterocycles. The second-order valence-corrected chi connectivity index (χ2v) is 12.9. The molecule has 118 valence electrons. The molecular formula is C16H20Cl2P2Pt. The summed E-state index contributed by atoms with van der Waals surface area (Å²) in [6.45, 7) is 4.75. The van der Waals surface area contributed by atoms with Crippen molar-refractivity contribution < 1.29 is 16.5 Å². The van der Waals surface area contributed by atoms with Gasteiger partial charge in [-0.15, -0.1) is 7.92 Å². The van der Waals surface area contributed by atoms with Gasteiger partial charge in [-0.05, 0) is 44.2 Å². The molecule has 0 bridgehead atoms. The van der Waals surface area contributed by atoms with E-state index in [0.717, 1.165) is 0 Å². The summed E-state index contributed by atoms with van der Waals surface area (Å²) in [5.74, 6) is 0. The first-order valence-electron chi connectivity index (χ1n) is 6.53. The molecule has 0 aromatic heterocycles. The van der Waals surface area contributed by atoms with E-state index in [1.165, 1.54) is 22.9 Å². The van der Waals surface area contributed by atoms with Gasteiger partial charge in [0, 0.05) is 0 Å². The topological polar surface area (TPSA) is 0 Å². The van der Waals surface area contributed by atoms with E-state index in [1.54, 1.807) is 0 Å². The summed E-state index contributed by atoms with van der Waals surface area (Å²) in [6.07, 6.45) is 2.69. The van der Waals surface area contributed by atoms with Crippen molar-refractivity contribution in [2.45, 2.75) is 0 Å². The van der Waals surface area contributed by atoms with E-state index in [9.17, 15) is 0 Å². The van der Waals surface area contributed by atoms with E-state index in [0.29, 0.717) is 0 Å². The van der Waals surface area contributed by atoms with Crippen molar-refractivity contribution in [2.75, 3.05) is 25.7 Å². The van der Waals surface area contributed by atoms with Crippen LogP contribution in [0, 0.1) is 0 Å². The zero-order valence-electron chi connectivity index (χ0n) is 12.2. The number of hydrogen-bond donors (Lipinski definition) is 0. The van der Waals surface area contributed by atoms with Crippen LogP contribution in [0.5, 0.6) is 0 Å². The van der Waals surface area contributed by atoms with Crippen molar-refractivity contribution in [2.24, 2.45) is 0 Å². The number of hydrogen-bond acceptors (Lipinski definition) is 0. The molecule has 0 aliphatic rings. The summed E-state index contributed by atoms with van der Waals surface area (Å²) in [7, 11) is 9.79. The van der Waals surface area contributed by atoms with Crippen LogP contribution < -0.4 is 10.6 Å². The van der Waals surface area contributed by atoms with Crippen molar-refractivity contribution in [1.82, 2.24) is 0 Å². The van der Waals surface area contributed by atoms with E-state index in [1.807, 2.05) is 0 Å². The van der Waals surface area contributed by atoms with Crippen molar-refractivity contribution in [1.29, 1.82) is 0 Å². The first-order chi connectivity index (χ1) is 10.2. The molecule has 0 N–H and O–H groups in total. The molecule has 0 radical (unpaired) electrons. The Balaban J connectivity index is 0.000000677. The fourth-order valence-corrected chi connectivity index (χ4v) is 6.20. The van der Waals surface area contributed by atoms with Crippen LogP contribution in [0.3, 0.4) is 0 Å².